The molecule has 0 spiro atoms. The zero-order valence-corrected chi connectivity index (χ0v) is 10.2. The van der Waals surface area contributed by atoms with Gasteiger partial charge in [0.1, 0.15) is 5.82 Å². The van der Waals surface area contributed by atoms with E-state index in [0.717, 1.165) is 18.6 Å². The first kappa shape index (κ1) is 13.8. The summed E-state index contributed by atoms with van der Waals surface area (Å²) in [4.78, 5) is 11.4. The number of rotatable bonds is 6. The van der Waals surface area contributed by atoms with E-state index < -0.39 is 0 Å². The molecule has 1 rings (SSSR count). The molecule has 0 aliphatic carbocycles. The lowest BCUT2D eigenvalue weighted by molar-refractivity contribution is -0.121. The van der Waals surface area contributed by atoms with Crippen LogP contribution in [-0.2, 0) is 4.79 Å². The van der Waals surface area contributed by atoms with E-state index in [0.29, 0.717) is 17.0 Å². The summed E-state index contributed by atoms with van der Waals surface area (Å²) in [6.07, 6.45) is 1.98. The highest BCUT2D eigenvalue weighted by molar-refractivity contribution is 7.99. The van der Waals surface area contributed by atoms with Gasteiger partial charge in [0.2, 0.25) is 5.91 Å². The predicted octanol–water partition coefficient (Wildman–Crippen LogP) is 1.66. The van der Waals surface area contributed by atoms with Crippen molar-refractivity contribution in [2.75, 3.05) is 11.5 Å². The molecule has 0 saturated carbocycles. The van der Waals surface area contributed by atoms with Crippen molar-refractivity contribution >= 4 is 23.4 Å². The minimum atomic E-state index is -0.297. The van der Waals surface area contributed by atoms with Crippen molar-refractivity contribution in [1.29, 1.82) is 0 Å². The lowest BCUT2D eigenvalue weighted by atomic mass is 10.2. The van der Waals surface area contributed by atoms with Crippen molar-refractivity contribution in [3.05, 3.63) is 24.0 Å². The third-order valence-corrected chi connectivity index (χ3v) is 3.31. The number of nitrogens with one attached hydrogen (secondary N) is 1. The zero-order valence-electron chi connectivity index (χ0n) is 9.41. The van der Waals surface area contributed by atoms with Gasteiger partial charge in [-0.15, -0.1) is 11.8 Å². The largest absolute Gasteiger partial charge is 0.399 e. The Morgan fingerprint density at radius 3 is 2.82 bits per heavy atom. The molecule has 1 aromatic rings. The van der Waals surface area contributed by atoms with Crippen LogP contribution in [-0.4, -0.2) is 11.7 Å². The van der Waals surface area contributed by atoms with Gasteiger partial charge < -0.3 is 5.73 Å². The smallest absolute Gasteiger partial charge is 0.233 e. The molecule has 0 heterocycles. The summed E-state index contributed by atoms with van der Waals surface area (Å²) < 4.78 is 13.4. The number of nitrogen functional groups attached to an aromatic ring is 1. The number of nitrogens with two attached hydrogens (primary N) is 2. The van der Waals surface area contributed by atoms with Crippen LogP contribution in [0.2, 0.25) is 0 Å². The van der Waals surface area contributed by atoms with Crippen LogP contribution in [0.1, 0.15) is 19.3 Å². The fraction of sp³-hybridized carbons (Fsp3) is 0.364. The van der Waals surface area contributed by atoms with E-state index >= 15 is 0 Å². The summed E-state index contributed by atoms with van der Waals surface area (Å²) in [6.45, 7) is 0. The Balaban J connectivity index is 2.24. The molecule has 94 valence electrons. The number of halogens is 1. The Morgan fingerprint density at radius 2 is 2.18 bits per heavy atom. The van der Waals surface area contributed by atoms with Gasteiger partial charge in [0, 0.05) is 17.0 Å². The first-order valence-electron chi connectivity index (χ1n) is 5.30. The molecule has 0 aliphatic heterocycles. The van der Waals surface area contributed by atoms with Crippen LogP contribution >= 0.6 is 11.8 Å². The summed E-state index contributed by atoms with van der Waals surface area (Å²) in [7, 11) is 0. The van der Waals surface area contributed by atoms with Crippen LogP contribution in [0.5, 0.6) is 0 Å². The molecule has 1 amide bonds. The normalized spacial score (nSPS) is 10.2. The number of anilines is 1. The number of amides is 1. The van der Waals surface area contributed by atoms with Crippen molar-refractivity contribution in [3.63, 3.8) is 0 Å². The fourth-order valence-electron chi connectivity index (χ4n) is 1.28. The van der Waals surface area contributed by atoms with E-state index in [1.54, 1.807) is 12.1 Å². The molecule has 17 heavy (non-hydrogen) atoms. The monoisotopic (exact) mass is 257 g/mol. The SMILES string of the molecule is NNC(=O)CCCCSc1ccc(N)cc1F. The van der Waals surface area contributed by atoms with Gasteiger partial charge in [-0.3, -0.25) is 10.2 Å². The Kier molecular flexibility index (Phi) is 5.79. The maximum atomic E-state index is 13.4. The summed E-state index contributed by atoms with van der Waals surface area (Å²) >= 11 is 1.42. The number of carbonyl (C=O) groups excluding carboxylic acids is 1. The van der Waals surface area contributed by atoms with E-state index in [1.165, 1.54) is 17.8 Å². The molecule has 0 radical (unpaired) electrons. The molecule has 0 unspecified atom stereocenters. The van der Waals surface area contributed by atoms with Gasteiger partial charge in [0.25, 0.3) is 0 Å². The minimum absolute atomic E-state index is 0.173. The Morgan fingerprint density at radius 1 is 1.41 bits per heavy atom. The Hall–Kier alpha value is -1.27. The number of thioether (sulfide) groups is 1. The maximum absolute atomic E-state index is 13.4. The van der Waals surface area contributed by atoms with Gasteiger partial charge in [0.05, 0.1) is 0 Å². The standard InChI is InChI=1S/C11H16FN3OS/c12-9-7-8(13)4-5-10(9)17-6-2-1-3-11(16)15-14/h4-5,7H,1-3,6,13-14H2,(H,15,16). The number of unbranched alkanes of at least 4 members (excludes halogenated alkanes) is 1. The third kappa shape index (κ3) is 5.06. The van der Waals surface area contributed by atoms with E-state index in [-0.39, 0.29) is 11.7 Å². The third-order valence-electron chi connectivity index (χ3n) is 2.17. The first-order valence-corrected chi connectivity index (χ1v) is 6.29. The van der Waals surface area contributed by atoms with Gasteiger partial charge in [-0.1, -0.05) is 0 Å². The topological polar surface area (TPSA) is 81.1 Å². The molecule has 0 aliphatic rings. The summed E-state index contributed by atoms with van der Waals surface area (Å²) in [5.74, 6) is 5.24. The number of hydrogen-bond acceptors (Lipinski definition) is 4. The van der Waals surface area contributed by atoms with Crippen LogP contribution in [0.15, 0.2) is 23.1 Å². The highest BCUT2D eigenvalue weighted by atomic mass is 32.2. The van der Waals surface area contributed by atoms with Gasteiger partial charge in [-0.25, -0.2) is 10.2 Å². The molecule has 0 atom stereocenters. The van der Waals surface area contributed by atoms with Crippen LogP contribution in [0.4, 0.5) is 10.1 Å². The Labute approximate surface area is 104 Å². The van der Waals surface area contributed by atoms with Crippen molar-refractivity contribution in [2.45, 2.75) is 24.2 Å². The quantitative estimate of drug-likeness (QED) is 0.181. The highest BCUT2D eigenvalue weighted by Gasteiger charge is 2.03. The van der Waals surface area contributed by atoms with Gasteiger partial charge in [-0.05, 0) is 36.8 Å². The summed E-state index contributed by atoms with van der Waals surface area (Å²) in [5.41, 5.74) is 7.94. The van der Waals surface area contributed by atoms with E-state index in [2.05, 4.69) is 5.43 Å². The molecule has 0 aromatic heterocycles. The maximum Gasteiger partial charge on any atom is 0.233 e. The van der Waals surface area contributed by atoms with Crippen LogP contribution in [0.25, 0.3) is 0 Å². The van der Waals surface area contributed by atoms with Crippen molar-refractivity contribution in [2.24, 2.45) is 5.84 Å². The average Bonchev–Trinajstić information content (AvgIpc) is 2.30. The Bertz CT molecular complexity index is 387. The van der Waals surface area contributed by atoms with Crippen LogP contribution in [0, 0.1) is 5.82 Å². The lowest BCUT2D eigenvalue weighted by Gasteiger charge is -2.04. The average molecular weight is 257 g/mol. The second-order valence-electron chi connectivity index (χ2n) is 3.56. The van der Waals surface area contributed by atoms with Crippen molar-refractivity contribution in [1.82, 2.24) is 5.43 Å². The molecule has 0 fully saturated rings. The molecule has 1 aromatic carbocycles. The molecule has 4 nitrogen and oxygen atoms in total. The zero-order chi connectivity index (χ0) is 12.7. The van der Waals surface area contributed by atoms with E-state index in [9.17, 15) is 9.18 Å². The van der Waals surface area contributed by atoms with E-state index in [4.69, 9.17) is 11.6 Å². The van der Waals surface area contributed by atoms with Crippen molar-refractivity contribution in [3.8, 4) is 0 Å². The minimum Gasteiger partial charge on any atom is -0.399 e. The molecule has 5 N–H and O–H groups in total. The summed E-state index contributed by atoms with van der Waals surface area (Å²) in [6, 6.07) is 4.65. The number of carbonyl (C=O) groups is 1. The molecule has 6 heteroatoms. The number of hydrogen-bond donors (Lipinski definition) is 3. The number of hydrazine groups is 1. The van der Waals surface area contributed by atoms with E-state index in [1.807, 2.05) is 0 Å². The molecular formula is C11H16FN3OS. The van der Waals surface area contributed by atoms with Gasteiger partial charge in [0.15, 0.2) is 0 Å². The predicted molar refractivity (Wildman–Crippen MR) is 67.7 cm³/mol. The summed E-state index contributed by atoms with van der Waals surface area (Å²) in [5, 5.41) is 0. The van der Waals surface area contributed by atoms with Crippen LogP contribution < -0.4 is 17.0 Å². The van der Waals surface area contributed by atoms with Crippen LogP contribution in [0.3, 0.4) is 0 Å². The second kappa shape index (κ2) is 7.13. The molecular weight excluding hydrogens is 241 g/mol. The van der Waals surface area contributed by atoms with Gasteiger partial charge >= 0.3 is 0 Å². The second-order valence-corrected chi connectivity index (χ2v) is 4.70. The highest BCUT2D eigenvalue weighted by Crippen LogP contribution is 2.24. The van der Waals surface area contributed by atoms with Crippen molar-refractivity contribution < 1.29 is 9.18 Å². The molecule has 0 saturated heterocycles. The molecule has 0 bridgehead atoms. The number of benzene rings is 1. The van der Waals surface area contributed by atoms with Gasteiger partial charge in [-0.2, -0.15) is 0 Å². The first-order chi connectivity index (χ1) is 8.13. The fourth-order valence-corrected chi connectivity index (χ4v) is 2.21. The lowest BCUT2D eigenvalue weighted by Crippen LogP contribution is -2.29.